The standard InChI is InChI=1S/C9H7BrF3NO3/c1-9(12,13)4-17-8-6(10)2-5(14(15)16)3-7(8)11/h2-3H,4H2,1H3. The summed E-state index contributed by atoms with van der Waals surface area (Å²) in [6, 6.07) is 1.58. The molecule has 0 aromatic heterocycles. The van der Waals surface area contributed by atoms with Gasteiger partial charge in [-0.2, -0.15) is 0 Å². The average Bonchev–Trinajstić information content (AvgIpc) is 2.14. The first-order valence-electron chi connectivity index (χ1n) is 4.35. The number of halogens is 4. The molecule has 0 spiro atoms. The lowest BCUT2D eigenvalue weighted by molar-refractivity contribution is -0.385. The molecule has 4 nitrogen and oxygen atoms in total. The molecule has 1 rings (SSSR count). The van der Waals surface area contributed by atoms with Gasteiger partial charge in [0.25, 0.3) is 11.6 Å². The lowest BCUT2D eigenvalue weighted by Gasteiger charge is -2.13. The maximum Gasteiger partial charge on any atom is 0.278 e. The van der Waals surface area contributed by atoms with Crippen LogP contribution in [0.25, 0.3) is 0 Å². The van der Waals surface area contributed by atoms with Crippen molar-refractivity contribution in [2.24, 2.45) is 0 Å². The summed E-state index contributed by atoms with van der Waals surface area (Å²) in [5, 5.41) is 10.4. The molecule has 0 amide bonds. The van der Waals surface area contributed by atoms with Crippen molar-refractivity contribution >= 4 is 21.6 Å². The summed E-state index contributed by atoms with van der Waals surface area (Å²) in [7, 11) is 0. The Bertz CT molecular complexity index is 425. The number of non-ortho nitro benzene ring substituents is 1. The Morgan fingerprint density at radius 1 is 1.53 bits per heavy atom. The van der Waals surface area contributed by atoms with Crippen LogP contribution in [0.3, 0.4) is 0 Å². The second kappa shape index (κ2) is 4.91. The Morgan fingerprint density at radius 3 is 2.53 bits per heavy atom. The zero-order chi connectivity index (χ0) is 13.2. The number of nitro groups is 1. The lowest BCUT2D eigenvalue weighted by atomic mass is 10.3. The van der Waals surface area contributed by atoms with Crippen molar-refractivity contribution < 1.29 is 22.8 Å². The zero-order valence-electron chi connectivity index (χ0n) is 8.55. The fourth-order valence-corrected chi connectivity index (χ4v) is 1.53. The van der Waals surface area contributed by atoms with Gasteiger partial charge in [-0.15, -0.1) is 0 Å². The van der Waals surface area contributed by atoms with Crippen LogP contribution in [0.15, 0.2) is 16.6 Å². The molecule has 0 unspecified atom stereocenters. The summed E-state index contributed by atoms with van der Waals surface area (Å²) in [5.74, 6) is -4.67. The molecule has 17 heavy (non-hydrogen) atoms. The van der Waals surface area contributed by atoms with Gasteiger partial charge in [0, 0.05) is 13.0 Å². The molecule has 0 saturated carbocycles. The van der Waals surface area contributed by atoms with Gasteiger partial charge in [0.05, 0.1) is 15.5 Å². The third-order valence-electron chi connectivity index (χ3n) is 1.66. The molecule has 0 radical (unpaired) electrons. The summed E-state index contributed by atoms with van der Waals surface area (Å²) in [6.07, 6.45) is 0. The maximum atomic E-state index is 13.3. The molecule has 0 N–H and O–H groups in total. The predicted octanol–water partition coefficient (Wildman–Crippen LogP) is 3.53. The molecule has 1 aromatic rings. The van der Waals surface area contributed by atoms with E-state index in [-0.39, 0.29) is 4.47 Å². The first-order valence-corrected chi connectivity index (χ1v) is 5.14. The van der Waals surface area contributed by atoms with E-state index in [0.717, 1.165) is 6.07 Å². The van der Waals surface area contributed by atoms with Crippen LogP contribution in [-0.4, -0.2) is 17.5 Å². The minimum atomic E-state index is -3.12. The van der Waals surface area contributed by atoms with Gasteiger partial charge in [-0.3, -0.25) is 10.1 Å². The van der Waals surface area contributed by atoms with Crippen molar-refractivity contribution in [3.8, 4) is 5.75 Å². The van der Waals surface area contributed by atoms with Gasteiger partial charge in [0.1, 0.15) is 0 Å². The molecule has 0 fully saturated rings. The van der Waals surface area contributed by atoms with Crippen LogP contribution >= 0.6 is 15.9 Å². The van der Waals surface area contributed by atoms with Gasteiger partial charge in [0.2, 0.25) is 0 Å². The Hall–Kier alpha value is -1.31. The Balaban J connectivity index is 2.98. The molecule has 0 saturated heterocycles. The number of hydrogen-bond acceptors (Lipinski definition) is 3. The van der Waals surface area contributed by atoms with E-state index < -0.39 is 34.7 Å². The van der Waals surface area contributed by atoms with E-state index >= 15 is 0 Å². The van der Waals surface area contributed by atoms with Crippen LogP contribution in [-0.2, 0) is 0 Å². The first-order chi connectivity index (χ1) is 7.70. The quantitative estimate of drug-likeness (QED) is 0.631. The highest BCUT2D eigenvalue weighted by atomic mass is 79.9. The second-order valence-electron chi connectivity index (χ2n) is 3.35. The largest absolute Gasteiger partial charge is 0.483 e. The van der Waals surface area contributed by atoms with Crippen molar-refractivity contribution in [2.75, 3.05) is 6.61 Å². The molecular weight excluding hydrogens is 307 g/mol. The fourth-order valence-electron chi connectivity index (χ4n) is 0.989. The summed E-state index contributed by atoms with van der Waals surface area (Å²) < 4.78 is 42.8. The van der Waals surface area contributed by atoms with E-state index in [1.165, 1.54) is 0 Å². The van der Waals surface area contributed by atoms with Crippen molar-refractivity contribution in [3.05, 3.63) is 32.5 Å². The van der Waals surface area contributed by atoms with E-state index in [2.05, 4.69) is 20.7 Å². The summed E-state index contributed by atoms with van der Waals surface area (Å²) in [5.41, 5.74) is -0.495. The number of benzene rings is 1. The summed E-state index contributed by atoms with van der Waals surface area (Å²) in [4.78, 5) is 9.59. The summed E-state index contributed by atoms with van der Waals surface area (Å²) in [6.45, 7) is -0.398. The van der Waals surface area contributed by atoms with Gasteiger partial charge < -0.3 is 4.74 Å². The molecule has 0 heterocycles. The monoisotopic (exact) mass is 313 g/mol. The van der Waals surface area contributed by atoms with Crippen LogP contribution in [0.1, 0.15) is 6.92 Å². The summed E-state index contributed by atoms with van der Waals surface area (Å²) >= 11 is 2.82. The van der Waals surface area contributed by atoms with Crippen LogP contribution in [0.5, 0.6) is 5.75 Å². The van der Waals surface area contributed by atoms with Crippen LogP contribution in [0.4, 0.5) is 18.9 Å². The molecule has 0 aliphatic rings. The SMILES string of the molecule is CC(F)(F)COc1c(F)cc([N+](=O)[O-])cc1Br. The van der Waals surface area contributed by atoms with E-state index in [1.54, 1.807) is 0 Å². The van der Waals surface area contributed by atoms with Gasteiger partial charge in [-0.05, 0) is 15.9 Å². The third-order valence-corrected chi connectivity index (χ3v) is 2.25. The van der Waals surface area contributed by atoms with Crippen molar-refractivity contribution in [2.45, 2.75) is 12.8 Å². The molecule has 0 bridgehead atoms. The predicted molar refractivity (Wildman–Crippen MR) is 56.9 cm³/mol. The fraction of sp³-hybridized carbons (Fsp3) is 0.333. The van der Waals surface area contributed by atoms with Gasteiger partial charge >= 0.3 is 0 Å². The van der Waals surface area contributed by atoms with E-state index in [1.807, 2.05) is 0 Å². The molecule has 1 aromatic carbocycles. The Kier molecular flexibility index (Phi) is 3.97. The second-order valence-corrected chi connectivity index (χ2v) is 4.21. The smallest absolute Gasteiger partial charge is 0.278 e. The third kappa shape index (κ3) is 3.88. The highest BCUT2D eigenvalue weighted by Crippen LogP contribution is 2.33. The minimum absolute atomic E-state index is 0.0894. The number of rotatable bonds is 4. The van der Waals surface area contributed by atoms with Crippen LogP contribution in [0, 0.1) is 15.9 Å². The van der Waals surface area contributed by atoms with Crippen molar-refractivity contribution in [1.29, 1.82) is 0 Å². The van der Waals surface area contributed by atoms with Gasteiger partial charge in [-0.25, -0.2) is 13.2 Å². The molecule has 8 heteroatoms. The number of ether oxygens (including phenoxy) is 1. The molecule has 0 aliphatic carbocycles. The first kappa shape index (κ1) is 13.8. The number of nitrogens with zero attached hydrogens (tertiary/aromatic N) is 1. The normalized spacial score (nSPS) is 11.4. The molecular formula is C9H7BrF3NO3. The lowest BCUT2D eigenvalue weighted by Crippen LogP contribution is -2.21. The highest BCUT2D eigenvalue weighted by Gasteiger charge is 2.24. The molecule has 0 atom stereocenters. The zero-order valence-corrected chi connectivity index (χ0v) is 10.1. The molecule has 94 valence electrons. The van der Waals surface area contributed by atoms with Gasteiger partial charge in [-0.1, -0.05) is 0 Å². The average molecular weight is 314 g/mol. The van der Waals surface area contributed by atoms with E-state index in [4.69, 9.17) is 0 Å². The van der Waals surface area contributed by atoms with E-state index in [0.29, 0.717) is 13.0 Å². The molecule has 0 aliphatic heterocycles. The maximum absolute atomic E-state index is 13.3. The van der Waals surface area contributed by atoms with Gasteiger partial charge in [0.15, 0.2) is 18.2 Å². The number of hydrogen-bond donors (Lipinski definition) is 0. The Morgan fingerprint density at radius 2 is 2.12 bits per heavy atom. The van der Waals surface area contributed by atoms with E-state index in [9.17, 15) is 23.3 Å². The van der Waals surface area contributed by atoms with Crippen LogP contribution in [0.2, 0.25) is 0 Å². The Labute approximate surface area is 103 Å². The van der Waals surface area contributed by atoms with Crippen LogP contribution < -0.4 is 4.74 Å². The minimum Gasteiger partial charge on any atom is -0.483 e. The van der Waals surface area contributed by atoms with Crippen molar-refractivity contribution in [3.63, 3.8) is 0 Å². The number of nitro benzene ring substituents is 1. The van der Waals surface area contributed by atoms with Crippen molar-refractivity contribution in [1.82, 2.24) is 0 Å². The topological polar surface area (TPSA) is 52.4 Å². The number of alkyl halides is 2. The highest BCUT2D eigenvalue weighted by molar-refractivity contribution is 9.10.